The van der Waals surface area contributed by atoms with E-state index in [4.69, 9.17) is 12.2 Å². The Hall–Kier alpha value is -1.99. The molecule has 1 saturated heterocycles. The lowest BCUT2D eigenvalue weighted by atomic mass is 10.1. The summed E-state index contributed by atoms with van der Waals surface area (Å²) < 4.78 is 0. The minimum absolute atomic E-state index is 0.0598. The molecule has 3 N–H and O–H groups in total. The van der Waals surface area contributed by atoms with Crippen LogP contribution in [-0.2, 0) is 0 Å². The molecule has 0 unspecified atom stereocenters. The molecule has 1 aliphatic heterocycles. The average molecular weight is 243 g/mol. The van der Waals surface area contributed by atoms with Gasteiger partial charge in [-0.3, -0.25) is 10.1 Å². The predicted octanol–water partition coefficient (Wildman–Crippen LogP) is 0.585. The van der Waals surface area contributed by atoms with Crippen molar-refractivity contribution < 1.29 is 4.79 Å². The summed E-state index contributed by atoms with van der Waals surface area (Å²) in [6.45, 7) is 3.78. The van der Waals surface area contributed by atoms with Crippen molar-refractivity contribution >= 4 is 11.6 Å². The van der Waals surface area contributed by atoms with Gasteiger partial charge >= 0.3 is 0 Å². The van der Waals surface area contributed by atoms with Crippen LogP contribution in [0.3, 0.4) is 0 Å². The summed E-state index contributed by atoms with van der Waals surface area (Å²) in [5.74, 6) is 2.33. The minimum atomic E-state index is -0.406. The SMILES string of the molecule is C#C[C@@H]1CN(c2ccc(C(N)=O)cc2)C[C@H](C)N1. The molecule has 0 aromatic heterocycles. The number of terminal acetylenes is 1. The Balaban J connectivity index is 2.15. The molecule has 2 atom stereocenters. The second-order valence-electron chi connectivity index (χ2n) is 4.60. The fourth-order valence-electron chi connectivity index (χ4n) is 2.22. The molecule has 1 fully saturated rings. The largest absolute Gasteiger partial charge is 0.367 e. The van der Waals surface area contributed by atoms with E-state index in [1.54, 1.807) is 12.1 Å². The number of nitrogens with one attached hydrogen (secondary N) is 1. The van der Waals surface area contributed by atoms with Gasteiger partial charge < -0.3 is 10.6 Å². The number of carbonyl (C=O) groups is 1. The lowest BCUT2D eigenvalue weighted by Gasteiger charge is -2.37. The molecule has 0 saturated carbocycles. The van der Waals surface area contributed by atoms with Gasteiger partial charge in [0.1, 0.15) is 0 Å². The zero-order valence-corrected chi connectivity index (χ0v) is 10.4. The van der Waals surface area contributed by atoms with Gasteiger partial charge in [-0.1, -0.05) is 5.92 Å². The highest BCUT2D eigenvalue weighted by Crippen LogP contribution is 2.18. The monoisotopic (exact) mass is 243 g/mol. The fraction of sp³-hybridized carbons (Fsp3) is 0.357. The predicted molar refractivity (Wildman–Crippen MR) is 72.4 cm³/mol. The number of primary amides is 1. The number of anilines is 1. The molecule has 1 aromatic carbocycles. The molecule has 94 valence electrons. The van der Waals surface area contributed by atoms with Crippen molar-refractivity contribution in [2.45, 2.75) is 19.0 Å². The molecule has 2 rings (SSSR count). The van der Waals surface area contributed by atoms with Crippen LogP contribution in [0.5, 0.6) is 0 Å². The Kier molecular flexibility index (Phi) is 3.54. The number of carbonyl (C=O) groups excluding carboxylic acids is 1. The third kappa shape index (κ3) is 2.63. The van der Waals surface area contributed by atoms with Gasteiger partial charge in [0.25, 0.3) is 0 Å². The number of nitrogens with two attached hydrogens (primary N) is 1. The van der Waals surface area contributed by atoms with Crippen molar-refractivity contribution in [2.24, 2.45) is 5.73 Å². The van der Waals surface area contributed by atoms with Crippen molar-refractivity contribution in [3.8, 4) is 12.3 Å². The van der Waals surface area contributed by atoms with Crippen molar-refractivity contribution in [2.75, 3.05) is 18.0 Å². The van der Waals surface area contributed by atoms with Gasteiger partial charge in [0.15, 0.2) is 0 Å². The average Bonchev–Trinajstić information content (AvgIpc) is 2.38. The molecule has 0 radical (unpaired) electrons. The molecule has 1 aliphatic rings. The zero-order valence-electron chi connectivity index (χ0n) is 10.4. The van der Waals surface area contributed by atoms with Crippen LogP contribution in [0.4, 0.5) is 5.69 Å². The Bertz CT molecular complexity index is 475. The van der Waals surface area contributed by atoms with Gasteiger partial charge in [0.05, 0.1) is 6.04 Å². The van der Waals surface area contributed by atoms with Gasteiger partial charge in [-0.05, 0) is 31.2 Å². The summed E-state index contributed by atoms with van der Waals surface area (Å²) in [7, 11) is 0. The number of piperazine rings is 1. The minimum Gasteiger partial charge on any atom is -0.367 e. The normalized spacial score (nSPS) is 23.4. The molecule has 18 heavy (non-hydrogen) atoms. The van der Waals surface area contributed by atoms with Crippen LogP contribution in [0, 0.1) is 12.3 Å². The number of nitrogens with zero attached hydrogens (tertiary/aromatic N) is 1. The van der Waals surface area contributed by atoms with E-state index in [1.165, 1.54) is 0 Å². The quantitative estimate of drug-likeness (QED) is 0.747. The Morgan fingerprint density at radius 2 is 2.11 bits per heavy atom. The number of amides is 1. The topological polar surface area (TPSA) is 58.4 Å². The second-order valence-corrected chi connectivity index (χ2v) is 4.60. The van der Waals surface area contributed by atoms with Crippen molar-refractivity contribution in [1.29, 1.82) is 0 Å². The van der Waals surface area contributed by atoms with Gasteiger partial charge in [-0.2, -0.15) is 0 Å². The first kappa shape index (κ1) is 12.5. The Morgan fingerprint density at radius 1 is 1.44 bits per heavy atom. The maximum absolute atomic E-state index is 11.0. The second kappa shape index (κ2) is 5.11. The summed E-state index contributed by atoms with van der Waals surface area (Å²) in [6.07, 6.45) is 5.47. The van der Waals surface area contributed by atoms with Crippen LogP contribution >= 0.6 is 0 Å². The van der Waals surface area contributed by atoms with Crippen LogP contribution in [0.1, 0.15) is 17.3 Å². The highest BCUT2D eigenvalue weighted by atomic mass is 16.1. The highest BCUT2D eigenvalue weighted by molar-refractivity contribution is 5.93. The van der Waals surface area contributed by atoms with Crippen molar-refractivity contribution in [3.63, 3.8) is 0 Å². The van der Waals surface area contributed by atoms with Crippen molar-refractivity contribution in [1.82, 2.24) is 5.32 Å². The van der Waals surface area contributed by atoms with Gasteiger partial charge in [0, 0.05) is 30.4 Å². The lowest BCUT2D eigenvalue weighted by Crippen LogP contribution is -2.55. The van der Waals surface area contributed by atoms with Crippen LogP contribution in [0.2, 0.25) is 0 Å². The number of rotatable bonds is 2. The molecule has 0 bridgehead atoms. The van der Waals surface area contributed by atoms with Gasteiger partial charge in [-0.15, -0.1) is 6.42 Å². The Morgan fingerprint density at radius 3 is 2.67 bits per heavy atom. The molecular formula is C14H17N3O. The van der Waals surface area contributed by atoms with Crippen LogP contribution in [0.15, 0.2) is 24.3 Å². The van der Waals surface area contributed by atoms with Crippen molar-refractivity contribution in [3.05, 3.63) is 29.8 Å². The molecule has 0 aliphatic carbocycles. The maximum atomic E-state index is 11.0. The van der Waals surface area contributed by atoms with E-state index >= 15 is 0 Å². The molecule has 4 heteroatoms. The van der Waals surface area contributed by atoms with Crippen LogP contribution in [-0.4, -0.2) is 31.1 Å². The first-order valence-electron chi connectivity index (χ1n) is 5.97. The zero-order chi connectivity index (χ0) is 13.1. The van der Waals surface area contributed by atoms with E-state index in [0.717, 1.165) is 18.8 Å². The third-order valence-corrected chi connectivity index (χ3v) is 3.10. The number of hydrogen-bond donors (Lipinski definition) is 2. The summed E-state index contributed by atoms with van der Waals surface area (Å²) >= 11 is 0. The van der Waals surface area contributed by atoms with E-state index in [1.807, 2.05) is 12.1 Å². The lowest BCUT2D eigenvalue weighted by molar-refractivity contribution is 0.100. The van der Waals surface area contributed by atoms with E-state index in [-0.39, 0.29) is 6.04 Å². The molecule has 4 nitrogen and oxygen atoms in total. The first-order valence-corrected chi connectivity index (χ1v) is 5.97. The smallest absolute Gasteiger partial charge is 0.248 e. The molecule has 0 spiro atoms. The number of hydrogen-bond acceptors (Lipinski definition) is 3. The van der Waals surface area contributed by atoms with E-state index in [2.05, 4.69) is 23.1 Å². The van der Waals surface area contributed by atoms with E-state index in [0.29, 0.717) is 11.6 Å². The van der Waals surface area contributed by atoms with E-state index < -0.39 is 5.91 Å². The molecule has 1 heterocycles. The molecular weight excluding hydrogens is 226 g/mol. The van der Waals surface area contributed by atoms with Gasteiger partial charge in [0.2, 0.25) is 5.91 Å². The summed E-state index contributed by atoms with van der Waals surface area (Å²) in [6, 6.07) is 7.71. The highest BCUT2D eigenvalue weighted by Gasteiger charge is 2.22. The van der Waals surface area contributed by atoms with Crippen LogP contribution < -0.4 is 16.0 Å². The fourth-order valence-corrected chi connectivity index (χ4v) is 2.22. The van der Waals surface area contributed by atoms with Crippen LogP contribution in [0.25, 0.3) is 0 Å². The summed E-state index contributed by atoms with van der Waals surface area (Å²) in [5.41, 5.74) is 6.81. The standard InChI is InChI=1S/C14H17N3O/c1-3-12-9-17(8-10(2)16-12)13-6-4-11(5-7-13)14(15)18/h1,4-7,10,12,16H,8-9H2,2H3,(H2,15,18)/t10-,12+/m0/s1. The Labute approximate surface area is 107 Å². The van der Waals surface area contributed by atoms with Gasteiger partial charge in [-0.25, -0.2) is 0 Å². The van der Waals surface area contributed by atoms with E-state index in [9.17, 15) is 4.79 Å². The number of benzene rings is 1. The summed E-state index contributed by atoms with van der Waals surface area (Å²) in [5, 5.41) is 3.34. The molecule has 1 amide bonds. The third-order valence-electron chi connectivity index (χ3n) is 3.10. The first-order chi connectivity index (χ1) is 8.60. The molecule has 1 aromatic rings. The summed E-state index contributed by atoms with van der Waals surface area (Å²) in [4.78, 5) is 13.2. The maximum Gasteiger partial charge on any atom is 0.248 e.